The fraction of sp³-hybridized carbons (Fsp3) is 0.353. The van der Waals surface area contributed by atoms with Crippen molar-refractivity contribution >= 4 is 23.6 Å². The van der Waals surface area contributed by atoms with Gasteiger partial charge in [-0.15, -0.1) is 0 Å². The van der Waals surface area contributed by atoms with Crippen molar-refractivity contribution < 1.29 is 19.1 Å². The lowest BCUT2D eigenvalue weighted by molar-refractivity contribution is -0.111. The van der Waals surface area contributed by atoms with E-state index in [9.17, 15) is 14.4 Å². The molecule has 1 N–H and O–H groups in total. The molecule has 0 spiro atoms. The number of nitrogens with one attached hydrogen (secondary N) is 1. The van der Waals surface area contributed by atoms with Gasteiger partial charge in [-0.05, 0) is 30.3 Å². The summed E-state index contributed by atoms with van der Waals surface area (Å²) >= 11 is 0. The fourth-order valence-electron chi connectivity index (χ4n) is 2.33. The first-order valence-electron chi connectivity index (χ1n) is 7.61. The van der Waals surface area contributed by atoms with Gasteiger partial charge in [0.2, 0.25) is 5.91 Å². The first-order chi connectivity index (χ1) is 11.4. The molecule has 2 rings (SSSR count). The van der Waals surface area contributed by atoms with E-state index < -0.39 is 6.09 Å². The van der Waals surface area contributed by atoms with E-state index in [1.165, 1.54) is 11.0 Å². The summed E-state index contributed by atoms with van der Waals surface area (Å²) in [6.45, 7) is 4.30. The van der Waals surface area contributed by atoms with Crippen molar-refractivity contribution in [2.24, 2.45) is 0 Å². The predicted molar refractivity (Wildman–Crippen MR) is 89.7 cm³/mol. The van der Waals surface area contributed by atoms with Crippen LogP contribution in [0.25, 0.3) is 0 Å². The third-order valence-corrected chi connectivity index (χ3v) is 3.65. The SMILES string of the molecule is C=CC(=O)Nc1ccc(C(=O)N2CCC(OC(=O)N(C)C)C2)cc1. The minimum Gasteiger partial charge on any atom is -0.444 e. The Hall–Kier alpha value is -2.83. The van der Waals surface area contributed by atoms with Gasteiger partial charge in [-0.25, -0.2) is 4.79 Å². The van der Waals surface area contributed by atoms with Gasteiger partial charge in [0, 0.05) is 38.3 Å². The number of hydrogen-bond acceptors (Lipinski definition) is 4. The van der Waals surface area contributed by atoms with E-state index in [-0.39, 0.29) is 17.9 Å². The number of hydrogen-bond donors (Lipinski definition) is 1. The maximum absolute atomic E-state index is 12.5. The Morgan fingerprint density at radius 1 is 1.29 bits per heavy atom. The Bertz CT molecular complexity index is 640. The molecule has 3 amide bonds. The van der Waals surface area contributed by atoms with Crippen LogP contribution in [0.5, 0.6) is 0 Å². The number of benzene rings is 1. The summed E-state index contributed by atoms with van der Waals surface area (Å²) in [6, 6.07) is 6.63. The Kier molecular flexibility index (Phi) is 5.57. The van der Waals surface area contributed by atoms with Crippen molar-refractivity contribution in [3.63, 3.8) is 0 Å². The molecule has 7 nitrogen and oxygen atoms in total. The van der Waals surface area contributed by atoms with Gasteiger partial charge in [-0.1, -0.05) is 6.58 Å². The molecule has 1 aliphatic heterocycles. The molecule has 0 radical (unpaired) electrons. The zero-order valence-electron chi connectivity index (χ0n) is 13.8. The highest BCUT2D eigenvalue weighted by atomic mass is 16.6. The monoisotopic (exact) mass is 331 g/mol. The van der Waals surface area contributed by atoms with Gasteiger partial charge in [-0.3, -0.25) is 9.59 Å². The molecule has 128 valence electrons. The zero-order valence-corrected chi connectivity index (χ0v) is 13.8. The van der Waals surface area contributed by atoms with Crippen molar-refractivity contribution in [2.45, 2.75) is 12.5 Å². The molecule has 1 unspecified atom stereocenters. The van der Waals surface area contributed by atoms with Crippen LogP contribution in [-0.2, 0) is 9.53 Å². The lowest BCUT2D eigenvalue weighted by Crippen LogP contribution is -2.32. The van der Waals surface area contributed by atoms with Crippen LogP contribution in [0.3, 0.4) is 0 Å². The number of anilines is 1. The molecular weight excluding hydrogens is 310 g/mol. The summed E-state index contributed by atoms with van der Waals surface area (Å²) in [4.78, 5) is 38.3. The minimum atomic E-state index is -0.406. The van der Waals surface area contributed by atoms with E-state index in [1.807, 2.05) is 0 Å². The molecule has 1 saturated heterocycles. The lowest BCUT2D eigenvalue weighted by atomic mass is 10.2. The summed E-state index contributed by atoms with van der Waals surface area (Å²) in [5, 5.41) is 2.62. The van der Waals surface area contributed by atoms with Crippen LogP contribution in [0, 0.1) is 0 Å². The summed E-state index contributed by atoms with van der Waals surface area (Å²) in [5.41, 5.74) is 1.11. The summed E-state index contributed by atoms with van der Waals surface area (Å²) < 4.78 is 5.30. The number of nitrogens with zero attached hydrogens (tertiary/aromatic N) is 2. The molecule has 1 aliphatic rings. The van der Waals surface area contributed by atoms with Crippen LogP contribution in [0.4, 0.5) is 10.5 Å². The van der Waals surface area contributed by atoms with Gasteiger partial charge >= 0.3 is 6.09 Å². The van der Waals surface area contributed by atoms with E-state index in [1.54, 1.807) is 43.3 Å². The van der Waals surface area contributed by atoms with Crippen LogP contribution < -0.4 is 5.32 Å². The highest BCUT2D eigenvalue weighted by Gasteiger charge is 2.29. The van der Waals surface area contributed by atoms with Crippen LogP contribution in [0.1, 0.15) is 16.8 Å². The molecule has 7 heteroatoms. The molecule has 0 saturated carbocycles. The van der Waals surface area contributed by atoms with E-state index in [4.69, 9.17) is 4.74 Å². The molecule has 1 aromatic carbocycles. The van der Waals surface area contributed by atoms with E-state index in [0.717, 1.165) is 0 Å². The van der Waals surface area contributed by atoms with Crippen LogP contribution in [-0.4, -0.2) is 61.0 Å². The molecule has 1 aromatic rings. The molecular formula is C17H21N3O4. The second kappa shape index (κ2) is 7.63. The van der Waals surface area contributed by atoms with Gasteiger partial charge in [0.1, 0.15) is 6.10 Å². The van der Waals surface area contributed by atoms with Crippen molar-refractivity contribution in [3.05, 3.63) is 42.5 Å². The average Bonchev–Trinajstić information content (AvgIpc) is 3.03. The molecule has 0 aliphatic carbocycles. The number of likely N-dealkylation sites (tertiary alicyclic amines) is 1. The smallest absolute Gasteiger partial charge is 0.409 e. The van der Waals surface area contributed by atoms with E-state index in [0.29, 0.717) is 30.8 Å². The maximum atomic E-state index is 12.5. The highest BCUT2D eigenvalue weighted by Crippen LogP contribution is 2.18. The van der Waals surface area contributed by atoms with Gasteiger partial charge in [0.15, 0.2) is 0 Å². The number of carbonyl (C=O) groups is 3. The maximum Gasteiger partial charge on any atom is 0.409 e. The predicted octanol–water partition coefficient (Wildman–Crippen LogP) is 1.72. The zero-order chi connectivity index (χ0) is 17.7. The third-order valence-electron chi connectivity index (χ3n) is 3.65. The fourth-order valence-corrected chi connectivity index (χ4v) is 2.33. The van der Waals surface area contributed by atoms with Crippen LogP contribution >= 0.6 is 0 Å². The van der Waals surface area contributed by atoms with Crippen molar-refractivity contribution in [1.82, 2.24) is 9.80 Å². The van der Waals surface area contributed by atoms with Crippen LogP contribution in [0.2, 0.25) is 0 Å². The molecule has 24 heavy (non-hydrogen) atoms. The first kappa shape index (κ1) is 17.5. The molecule has 0 aromatic heterocycles. The van der Waals surface area contributed by atoms with Gasteiger partial charge < -0.3 is 19.9 Å². The standard InChI is InChI=1S/C17H21N3O4/c1-4-15(21)18-13-7-5-12(6-8-13)16(22)20-10-9-14(11-20)24-17(23)19(2)3/h4-8,14H,1,9-11H2,2-3H3,(H,18,21). The number of ether oxygens (including phenoxy) is 1. The summed E-state index contributed by atoms with van der Waals surface area (Å²) in [6.07, 6.45) is 1.11. The van der Waals surface area contributed by atoms with E-state index in [2.05, 4.69) is 11.9 Å². The van der Waals surface area contributed by atoms with Crippen molar-refractivity contribution in [2.75, 3.05) is 32.5 Å². The quantitative estimate of drug-likeness (QED) is 0.852. The third kappa shape index (κ3) is 4.34. The molecule has 1 fully saturated rings. The van der Waals surface area contributed by atoms with Gasteiger partial charge in [0.25, 0.3) is 5.91 Å². The number of rotatable bonds is 4. The Labute approximate surface area is 140 Å². The van der Waals surface area contributed by atoms with E-state index >= 15 is 0 Å². The average molecular weight is 331 g/mol. The normalized spacial score (nSPS) is 16.4. The first-order valence-corrected chi connectivity index (χ1v) is 7.61. The lowest BCUT2D eigenvalue weighted by Gasteiger charge is -2.18. The topological polar surface area (TPSA) is 79.0 Å². The highest BCUT2D eigenvalue weighted by molar-refractivity contribution is 5.99. The molecule has 1 atom stereocenters. The summed E-state index contributed by atoms with van der Waals surface area (Å²) in [5.74, 6) is -0.431. The van der Waals surface area contributed by atoms with Crippen molar-refractivity contribution in [3.8, 4) is 0 Å². The van der Waals surface area contributed by atoms with Crippen LogP contribution in [0.15, 0.2) is 36.9 Å². The Morgan fingerprint density at radius 2 is 1.96 bits per heavy atom. The van der Waals surface area contributed by atoms with Gasteiger partial charge in [0.05, 0.1) is 6.54 Å². The second-order valence-electron chi connectivity index (χ2n) is 5.71. The minimum absolute atomic E-state index is 0.125. The largest absolute Gasteiger partial charge is 0.444 e. The summed E-state index contributed by atoms with van der Waals surface area (Å²) in [7, 11) is 3.24. The second-order valence-corrected chi connectivity index (χ2v) is 5.71. The molecule has 1 heterocycles. The number of amides is 3. The Morgan fingerprint density at radius 3 is 2.54 bits per heavy atom. The number of carbonyl (C=O) groups excluding carboxylic acids is 3. The van der Waals surface area contributed by atoms with Gasteiger partial charge in [-0.2, -0.15) is 0 Å². The Balaban J connectivity index is 1.93. The van der Waals surface area contributed by atoms with Crippen molar-refractivity contribution in [1.29, 1.82) is 0 Å². The molecule has 0 bridgehead atoms.